The van der Waals surface area contributed by atoms with Crippen molar-refractivity contribution >= 4 is 5.97 Å². The molecule has 0 bridgehead atoms. The molecule has 1 N–H and O–H groups in total. The summed E-state index contributed by atoms with van der Waals surface area (Å²) in [6, 6.07) is 2.87. The van der Waals surface area contributed by atoms with E-state index >= 15 is 0 Å². The fraction of sp³-hybridized carbons (Fsp3) is 0.533. The molecule has 0 radical (unpaired) electrons. The van der Waals surface area contributed by atoms with Gasteiger partial charge in [0.05, 0.1) is 5.56 Å². The average Bonchev–Trinajstić information content (AvgIpc) is 2.13. The van der Waals surface area contributed by atoms with Gasteiger partial charge in [0, 0.05) is 0 Å². The lowest BCUT2D eigenvalue weighted by Crippen LogP contribution is -2.21. The van der Waals surface area contributed by atoms with E-state index in [2.05, 4.69) is 0 Å². The summed E-state index contributed by atoms with van der Waals surface area (Å²) in [6.07, 6.45) is 0. The summed E-state index contributed by atoms with van der Waals surface area (Å²) in [5.41, 5.74) is 0.205. The fourth-order valence-corrected chi connectivity index (χ4v) is 1.84. The van der Waals surface area contributed by atoms with Crippen LogP contribution in [0.5, 0.6) is 0 Å². The number of rotatable bonds is 1. The second-order valence-electron chi connectivity index (χ2n) is 6.69. The molecule has 0 amide bonds. The third kappa shape index (κ3) is 2.89. The fourth-order valence-electron chi connectivity index (χ4n) is 1.84. The van der Waals surface area contributed by atoms with Crippen molar-refractivity contribution in [3.8, 4) is 0 Å². The van der Waals surface area contributed by atoms with E-state index in [1.54, 1.807) is 0 Å². The van der Waals surface area contributed by atoms with Gasteiger partial charge < -0.3 is 5.11 Å². The van der Waals surface area contributed by atoms with Gasteiger partial charge in [0.1, 0.15) is 5.82 Å². The maximum atomic E-state index is 14.5. The molecule has 0 aromatic heterocycles. The minimum Gasteiger partial charge on any atom is -0.478 e. The second kappa shape index (κ2) is 4.38. The highest BCUT2D eigenvalue weighted by atomic mass is 19.1. The van der Waals surface area contributed by atoms with Crippen LogP contribution in [0.2, 0.25) is 0 Å². The van der Waals surface area contributed by atoms with Gasteiger partial charge in [-0.2, -0.15) is 0 Å². The Morgan fingerprint density at radius 2 is 1.33 bits per heavy atom. The van der Waals surface area contributed by atoms with Gasteiger partial charge in [-0.05, 0) is 34.1 Å². The monoisotopic (exact) mass is 252 g/mol. The van der Waals surface area contributed by atoms with Crippen LogP contribution in [-0.4, -0.2) is 11.1 Å². The number of aromatic carboxylic acids is 1. The van der Waals surface area contributed by atoms with Crippen molar-refractivity contribution in [1.29, 1.82) is 0 Å². The predicted molar refractivity (Wildman–Crippen MR) is 70.8 cm³/mol. The largest absolute Gasteiger partial charge is 0.478 e. The first-order chi connectivity index (χ1) is 7.94. The lowest BCUT2D eigenvalue weighted by atomic mass is 9.79. The van der Waals surface area contributed by atoms with Crippen LogP contribution in [0.15, 0.2) is 12.1 Å². The van der Waals surface area contributed by atoms with E-state index in [4.69, 9.17) is 5.11 Å². The zero-order chi connectivity index (χ0) is 14.3. The molecule has 0 heterocycles. The SMILES string of the molecule is CC(C)(C)c1cc(C(=O)O)cc(C(C)(C)C)c1F. The van der Waals surface area contributed by atoms with Crippen molar-refractivity contribution in [2.75, 3.05) is 0 Å². The average molecular weight is 252 g/mol. The van der Waals surface area contributed by atoms with Gasteiger partial charge in [-0.3, -0.25) is 0 Å². The summed E-state index contributed by atoms with van der Waals surface area (Å²) in [5.74, 6) is -1.31. The maximum absolute atomic E-state index is 14.5. The van der Waals surface area contributed by atoms with Crippen LogP contribution in [0.4, 0.5) is 4.39 Å². The topological polar surface area (TPSA) is 37.3 Å². The van der Waals surface area contributed by atoms with Gasteiger partial charge in [-0.15, -0.1) is 0 Å². The number of carbonyl (C=O) groups is 1. The summed E-state index contributed by atoms with van der Waals surface area (Å²) in [5, 5.41) is 9.13. The molecular weight excluding hydrogens is 231 g/mol. The van der Waals surface area contributed by atoms with E-state index in [0.717, 1.165) is 0 Å². The molecule has 0 unspecified atom stereocenters. The van der Waals surface area contributed by atoms with Crippen LogP contribution in [0, 0.1) is 5.82 Å². The molecule has 2 nitrogen and oxygen atoms in total. The number of benzene rings is 1. The molecule has 0 aliphatic carbocycles. The lowest BCUT2D eigenvalue weighted by molar-refractivity contribution is 0.0696. The summed E-state index contributed by atoms with van der Waals surface area (Å²) in [6.45, 7) is 11.3. The normalized spacial score (nSPS) is 12.6. The summed E-state index contributed by atoms with van der Waals surface area (Å²) < 4.78 is 14.5. The number of hydrogen-bond donors (Lipinski definition) is 1. The summed E-state index contributed by atoms with van der Waals surface area (Å²) >= 11 is 0. The lowest BCUT2D eigenvalue weighted by Gasteiger charge is -2.27. The third-order valence-electron chi connectivity index (χ3n) is 2.94. The van der Waals surface area contributed by atoms with E-state index in [0.29, 0.717) is 11.1 Å². The Morgan fingerprint density at radius 1 is 1.00 bits per heavy atom. The number of carboxylic acids is 1. The second-order valence-corrected chi connectivity index (χ2v) is 6.69. The molecule has 3 heteroatoms. The number of carboxylic acid groups (broad SMARTS) is 1. The Morgan fingerprint density at radius 3 is 1.56 bits per heavy atom. The van der Waals surface area contributed by atoms with E-state index in [1.807, 2.05) is 41.5 Å². The van der Waals surface area contributed by atoms with Crippen molar-refractivity contribution in [3.63, 3.8) is 0 Å². The van der Waals surface area contributed by atoms with Crippen LogP contribution >= 0.6 is 0 Å². The standard InChI is InChI=1S/C15H21FO2/c1-14(2,3)10-7-9(13(17)18)8-11(12(10)16)15(4,5)6/h7-8H,1-6H3,(H,17,18). The molecule has 0 saturated carbocycles. The molecule has 0 fully saturated rings. The Kier molecular flexibility index (Phi) is 3.57. The molecular formula is C15H21FO2. The van der Waals surface area contributed by atoms with E-state index in [9.17, 15) is 9.18 Å². The first-order valence-corrected chi connectivity index (χ1v) is 6.02. The predicted octanol–water partition coefficient (Wildman–Crippen LogP) is 4.12. The van der Waals surface area contributed by atoms with Crippen LogP contribution in [-0.2, 0) is 10.8 Å². The minimum absolute atomic E-state index is 0.145. The molecule has 0 atom stereocenters. The molecule has 0 saturated heterocycles. The highest BCUT2D eigenvalue weighted by Gasteiger charge is 2.27. The highest BCUT2D eigenvalue weighted by Crippen LogP contribution is 2.33. The van der Waals surface area contributed by atoms with Crippen molar-refractivity contribution in [2.24, 2.45) is 0 Å². The van der Waals surface area contributed by atoms with E-state index in [1.165, 1.54) is 12.1 Å². The zero-order valence-corrected chi connectivity index (χ0v) is 11.9. The molecule has 0 aliphatic rings. The molecule has 1 aromatic rings. The quantitative estimate of drug-likeness (QED) is 0.816. The van der Waals surface area contributed by atoms with E-state index in [-0.39, 0.29) is 11.4 Å². The number of hydrogen-bond acceptors (Lipinski definition) is 1. The van der Waals surface area contributed by atoms with Crippen molar-refractivity contribution < 1.29 is 14.3 Å². The maximum Gasteiger partial charge on any atom is 0.335 e. The molecule has 100 valence electrons. The van der Waals surface area contributed by atoms with Gasteiger partial charge >= 0.3 is 5.97 Å². The zero-order valence-electron chi connectivity index (χ0n) is 11.9. The number of halogens is 1. The highest BCUT2D eigenvalue weighted by molar-refractivity contribution is 5.88. The Hall–Kier alpha value is -1.38. The Labute approximate surface area is 108 Å². The van der Waals surface area contributed by atoms with Crippen LogP contribution < -0.4 is 0 Å². The van der Waals surface area contributed by atoms with Crippen LogP contribution in [0.1, 0.15) is 63.0 Å². The van der Waals surface area contributed by atoms with Gasteiger partial charge in [0.2, 0.25) is 0 Å². The Balaban J connectivity index is 3.64. The first kappa shape index (κ1) is 14.7. The first-order valence-electron chi connectivity index (χ1n) is 6.02. The minimum atomic E-state index is -1.02. The molecule has 1 rings (SSSR count). The van der Waals surface area contributed by atoms with Crippen molar-refractivity contribution in [2.45, 2.75) is 52.4 Å². The van der Waals surface area contributed by atoms with Gasteiger partial charge in [-0.25, -0.2) is 9.18 Å². The van der Waals surface area contributed by atoms with Crippen LogP contribution in [0.3, 0.4) is 0 Å². The molecule has 1 aromatic carbocycles. The van der Waals surface area contributed by atoms with Crippen molar-refractivity contribution in [1.82, 2.24) is 0 Å². The molecule has 18 heavy (non-hydrogen) atoms. The molecule has 0 spiro atoms. The summed E-state index contributed by atoms with van der Waals surface area (Å²) in [7, 11) is 0. The summed E-state index contributed by atoms with van der Waals surface area (Å²) in [4.78, 5) is 11.1. The Bertz CT molecular complexity index is 441. The van der Waals surface area contributed by atoms with Gasteiger partial charge in [0.15, 0.2) is 0 Å². The molecule has 0 aliphatic heterocycles. The van der Waals surface area contributed by atoms with Crippen LogP contribution in [0.25, 0.3) is 0 Å². The van der Waals surface area contributed by atoms with Crippen molar-refractivity contribution in [3.05, 3.63) is 34.6 Å². The van der Waals surface area contributed by atoms with E-state index < -0.39 is 16.8 Å². The smallest absolute Gasteiger partial charge is 0.335 e. The van der Waals surface area contributed by atoms with Gasteiger partial charge in [-0.1, -0.05) is 41.5 Å². The third-order valence-corrected chi connectivity index (χ3v) is 2.94. The van der Waals surface area contributed by atoms with Gasteiger partial charge in [0.25, 0.3) is 0 Å².